The SMILES string of the molecule is CC1(C)c2ccccc2-c2c1ccc1c2Oc2cccc(-c3nc(-c4ccccc4)nc(-c4ccc5c6ccccc6c6ccccc6c5c4)n3)c2O1. The summed E-state index contributed by atoms with van der Waals surface area (Å²) < 4.78 is 13.6. The number of hydrogen-bond acceptors (Lipinski definition) is 5. The predicted octanol–water partition coefficient (Wildman–Crippen LogP) is 12.5. The van der Waals surface area contributed by atoms with Gasteiger partial charge in [-0.2, -0.15) is 0 Å². The molecule has 5 nitrogen and oxygen atoms in total. The summed E-state index contributed by atoms with van der Waals surface area (Å²) in [4.78, 5) is 15.3. The van der Waals surface area contributed by atoms with Gasteiger partial charge < -0.3 is 9.47 Å². The minimum atomic E-state index is -0.149. The van der Waals surface area contributed by atoms with Gasteiger partial charge in [0.05, 0.1) is 5.56 Å². The highest BCUT2D eigenvalue weighted by molar-refractivity contribution is 6.25. The summed E-state index contributed by atoms with van der Waals surface area (Å²) in [5.41, 5.74) is 7.17. The van der Waals surface area contributed by atoms with E-state index in [1.165, 1.54) is 43.6 Å². The molecule has 0 unspecified atom stereocenters. The Labute approximate surface area is 306 Å². The van der Waals surface area contributed by atoms with E-state index < -0.39 is 0 Å². The average molecular weight is 682 g/mol. The van der Waals surface area contributed by atoms with Gasteiger partial charge in [0.15, 0.2) is 40.5 Å². The first-order valence-electron chi connectivity index (χ1n) is 17.9. The molecule has 5 heteroatoms. The molecule has 0 bridgehead atoms. The molecule has 53 heavy (non-hydrogen) atoms. The van der Waals surface area contributed by atoms with E-state index in [4.69, 9.17) is 24.4 Å². The lowest BCUT2D eigenvalue weighted by atomic mass is 9.82. The van der Waals surface area contributed by atoms with E-state index in [1.54, 1.807) is 0 Å². The molecule has 0 fully saturated rings. The van der Waals surface area contributed by atoms with Crippen molar-refractivity contribution in [3.63, 3.8) is 0 Å². The van der Waals surface area contributed by atoms with Gasteiger partial charge in [-0.3, -0.25) is 0 Å². The van der Waals surface area contributed by atoms with E-state index in [1.807, 2.05) is 54.6 Å². The number of ether oxygens (including phenoxy) is 2. The zero-order valence-electron chi connectivity index (χ0n) is 29.1. The van der Waals surface area contributed by atoms with E-state index >= 15 is 0 Å². The highest BCUT2D eigenvalue weighted by atomic mass is 16.6. The molecule has 0 saturated carbocycles. The van der Waals surface area contributed by atoms with Gasteiger partial charge >= 0.3 is 0 Å². The van der Waals surface area contributed by atoms with Gasteiger partial charge in [0, 0.05) is 22.1 Å². The fraction of sp³-hybridized carbons (Fsp3) is 0.0625. The molecule has 0 spiro atoms. The number of para-hydroxylation sites is 1. The fourth-order valence-electron chi connectivity index (χ4n) is 8.41. The van der Waals surface area contributed by atoms with Crippen LogP contribution in [0.15, 0.2) is 152 Å². The van der Waals surface area contributed by atoms with Gasteiger partial charge in [-0.15, -0.1) is 0 Å². The van der Waals surface area contributed by atoms with E-state index in [9.17, 15) is 0 Å². The quantitative estimate of drug-likeness (QED) is 0.174. The topological polar surface area (TPSA) is 57.1 Å². The fourth-order valence-corrected chi connectivity index (χ4v) is 8.41. The number of rotatable bonds is 3. The predicted molar refractivity (Wildman–Crippen MR) is 213 cm³/mol. The number of nitrogens with zero attached hydrogens (tertiary/aromatic N) is 3. The molecule has 11 rings (SSSR count). The maximum Gasteiger partial charge on any atom is 0.181 e. The number of fused-ring (bicyclic) bond motifs is 12. The third-order valence-electron chi connectivity index (χ3n) is 11.0. The lowest BCUT2D eigenvalue weighted by molar-refractivity contribution is 0.361. The lowest BCUT2D eigenvalue weighted by Crippen LogP contribution is -2.15. The molecule has 2 heterocycles. The largest absolute Gasteiger partial charge is 0.449 e. The first-order chi connectivity index (χ1) is 26.0. The van der Waals surface area contributed by atoms with Crippen LogP contribution in [0.25, 0.3) is 77.6 Å². The van der Waals surface area contributed by atoms with Crippen molar-refractivity contribution in [2.75, 3.05) is 0 Å². The Morgan fingerprint density at radius 2 is 0.962 bits per heavy atom. The van der Waals surface area contributed by atoms with E-state index in [0.717, 1.165) is 33.4 Å². The van der Waals surface area contributed by atoms with Crippen LogP contribution < -0.4 is 9.47 Å². The molecule has 8 aromatic carbocycles. The van der Waals surface area contributed by atoms with Crippen molar-refractivity contribution in [1.82, 2.24) is 15.0 Å². The van der Waals surface area contributed by atoms with Gasteiger partial charge in [-0.05, 0) is 73.3 Å². The van der Waals surface area contributed by atoms with Crippen molar-refractivity contribution in [3.8, 4) is 68.3 Å². The molecule has 250 valence electrons. The van der Waals surface area contributed by atoms with Crippen LogP contribution in [0.3, 0.4) is 0 Å². The number of hydrogen-bond donors (Lipinski definition) is 0. The highest BCUT2D eigenvalue weighted by Gasteiger charge is 2.40. The number of aromatic nitrogens is 3. The molecule has 1 aromatic heterocycles. The van der Waals surface area contributed by atoms with Crippen LogP contribution in [0, 0.1) is 0 Å². The van der Waals surface area contributed by atoms with Gasteiger partial charge in [0.2, 0.25) is 0 Å². The van der Waals surface area contributed by atoms with Crippen molar-refractivity contribution in [2.24, 2.45) is 0 Å². The standard InChI is InChI=1S/C48H31N3O2/c1-48(2)38-21-11-10-19-35(38)42-39(48)25-26-41-44(42)53-40-22-12-20-36(43(40)52-41)47-50-45(28-13-4-3-5-14-28)49-46(51-47)29-23-24-34-32-17-7-6-15-30(32)31-16-8-9-18-33(31)37(34)27-29/h3-27H,1-2H3. The van der Waals surface area contributed by atoms with Crippen LogP contribution in [0.5, 0.6) is 23.0 Å². The van der Waals surface area contributed by atoms with Crippen LogP contribution in [-0.4, -0.2) is 15.0 Å². The van der Waals surface area contributed by atoms with E-state index in [2.05, 4.69) is 111 Å². The Balaban J connectivity index is 1.09. The summed E-state index contributed by atoms with van der Waals surface area (Å²) >= 11 is 0. The maximum absolute atomic E-state index is 6.79. The third kappa shape index (κ3) is 4.40. The van der Waals surface area contributed by atoms with Crippen LogP contribution in [0.2, 0.25) is 0 Å². The highest BCUT2D eigenvalue weighted by Crippen LogP contribution is 2.59. The molecule has 2 aliphatic rings. The second-order valence-corrected chi connectivity index (χ2v) is 14.3. The van der Waals surface area contributed by atoms with Crippen molar-refractivity contribution in [1.29, 1.82) is 0 Å². The van der Waals surface area contributed by atoms with E-state index in [-0.39, 0.29) is 5.41 Å². The molecular weight excluding hydrogens is 651 g/mol. The van der Waals surface area contributed by atoms with Gasteiger partial charge in [0.1, 0.15) is 0 Å². The molecule has 0 radical (unpaired) electrons. The Morgan fingerprint density at radius 3 is 1.72 bits per heavy atom. The smallest absolute Gasteiger partial charge is 0.181 e. The lowest BCUT2D eigenvalue weighted by Gasteiger charge is -2.26. The zero-order valence-corrected chi connectivity index (χ0v) is 29.1. The molecule has 0 saturated heterocycles. The van der Waals surface area contributed by atoms with Crippen LogP contribution >= 0.6 is 0 Å². The Hall–Kier alpha value is -6.85. The number of benzene rings is 8. The van der Waals surface area contributed by atoms with E-state index in [0.29, 0.717) is 34.7 Å². The summed E-state index contributed by atoms with van der Waals surface area (Å²) in [5, 5.41) is 7.23. The van der Waals surface area contributed by atoms with Gasteiger partial charge in [-0.1, -0.05) is 141 Å². The van der Waals surface area contributed by atoms with Gasteiger partial charge in [-0.25, -0.2) is 15.0 Å². The van der Waals surface area contributed by atoms with Crippen molar-refractivity contribution < 1.29 is 9.47 Å². The molecule has 0 amide bonds. The Kier molecular flexibility index (Phi) is 6.23. The second-order valence-electron chi connectivity index (χ2n) is 14.3. The molecular formula is C48H31N3O2. The van der Waals surface area contributed by atoms with Gasteiger partial charge in [0.25, 0.3) is 0 Å². The van der Waals surface area contributed by atoms with Crippen LogP contribution in [0.4, 0.5) is 0 Å². The normalized spacial score (nSPS) is 13.5. The maximum atomic E-state index is 6.79. The average Bonchev–Trinajstić information content (AvgIpc) is 3.46. The molecule has 0 atom stereocenters. The van der Waals surface area contributed by atoms with Crippen molar-refractivity contribution >= 4 is 32.3 Å². The second kappa shape index (κ2) is 11.1. The zero-order chi connectivity index (χ0) is 35.3. The van der Waals surface area contributed by atoms with Crippen LogP contribution in [0.1, 0.15) is 25.0 Å². The molecule has 1 aliphatic heterocycles. The summed E-state index contributed by atoms with van der Waals surface area (Å²) in [7, 11) is 0. The molecule has 0 N–H and O–H groups in total. The monoisotopic (exact) mass is 681 g/mol. The minimum Gasteiger partial charge on any atom is -0.449 e. The van der Waals surface area contributed by atoms with Crippen LogP contribution in [-0.2, 0) is 5.41 Å². The Morgan fingerprint density at radius 1 is 0.396 bits per heavy atom. The first kappa shape index (κ1) is 29.8. The minimum absolute atomic E-state index is 0.149. The summed E-state index contributed by atoms with van der Waals surface area (Å²) in [6, 6.07) is 52.5. The molecule has 9 aromatic rings. The Bertz CT molecular complexity index is 2950. The molecule has 1 aliphatic carbocycles. The van der Waals surface area contributed by atoms with Crippen molar-refractivity contribution in [2.45, 2.75) is 19.3 Å². The van der Waals surface area contributed by atoms with Crippen molar-refractivity contribution in [3.05, 3.63) is 163 Å². The first-order valence-corrected chi connectivity index (χ1v) is 17.9. The summed E-state index contributed by atoms with van der Waals surface area (Å²) in [6.45, 7) is 4.53. The summed E-state index contributed by atoms with van der Waals surface area (Å²) in [5.74, 6) is 4.29. The third-order valence-corrected chi connectivity index (χ3v) is 11.0. The summed E-state index contributed by atoms with van der Waals surface area (Å²) in [6.07, 6.45) is 0.